The molecule has 1 rings (SSSR count). The van der Waals surface area contributed by atoms with Crippen LogP contribution in [-0.2, 0) is 28.9 Å². The number of aliphatic hydroxyl groups is 5. The fourth-order valence-electron chi connectivity index (χ4n) is 6.54. The van der Waals surface area contributed by atoms with Crippen LogP contribution < -0.4 is 5.32 Å². The van der Waals surface area contributed by atoms with E-state index in [4.69, 9.17) is 14.0 Å². The molecule has 1 aliphatic heterocycles. The number of aliphatic hydroxyl groups excluding tert-OH is 5. The number of ether oxygens (including phenoxy) is 2. The highest BCUT2D eigenvalue weighted by molar-refractivity contribution is 7.80. The molecule has 0 aromatic heterocycles. The van der Waals surface area contributed by atoms with Crippen molar-refractivity contribution in [3.05, 3.63) is 36.5 Å². The van der Waals surface area contributed by atoms with E-state index < -0.39 is 78.5 Å². The first kappa shape index (κ1) is 52.3. The smallest absolute Gasteiger partial charge is 0.394 e. The van der Waals surface area contributed by atoms with Crippen molar-refractivity contribution < 1.29 is 57.0 Å². The zero-order valence-corrected chi connectivity index (χ0v) is 35.1. The molecular formula is C42H77NO12S. The van der Waals surface area contributed by atoms with Gasteiger partial charge in [0.2, 0.25) is 5.91 Å². The number of carbonyl (C=O) groups excluding carboxylic acids is 1. The molecule has 0 radical (unpaired) electrons. The Labute approximate surface area is 337 Å². The van der Waals surface area contributed by atoms with Crippen molar-refractivity contribution in [3.63, 3.8) is 0 Å². The summed E-state index contributed by atoms with van der Waals surface area (Å²) in [4.78, 5) is 13.1. The van der Waals surface area contributed by atoms with Gasteiger partial charge in [0.05, 0.1) is 25.4 Å². The first-order valence-corrected chi connectivity index (χ1v) is 22.8. The number of rotatable bonds is 35. The molecule has 328 valence electrons. The molecule has 13 nitrogen and oxygen atoms in total. The van der Waals surface area contributed by atoms with Gasteiger partial charge in [-0.15, -0.1) is 0 Å². The highest BCUT2D eigenvalue weighted by atomic mass is 32.3. The molecule has 0 aliphatic carbocycles. The first-order valence-electron chi connectivity index (χ1n) is 21.5. The Morgan fingerprint density at radius 3 is 1.70 bits per heavy atom. The van der Waals surface area contributed by atoms with Gasteiger partial charge >= 0.3 is 10.4 Å². The van der Waals surface area contributed by atoms with E-state index in [0.717, 1.165) is 44.9 Å². The van der Waals surface area contributed by atoms with Crippen LogP contribution in [0.15, 0.2) is 36.5 Å². The Bertz CT molecular complexity index is 1170. The van der Waals surface area contributed by atoms with E-state index in [1.807, 2.05) is 0 Å². The lowest BCUT2D eigenvalue weighted by Crippen LogP contribution is -2.61. The van der Waals surface area contributed by atoms with Crippen LogP contribution in [0.1, 0.15) is 162 Å². The van der Waals surface area contributed by atoms with Crippen LogP contribution in [0.5, 0.6) is 0 Å². The van der Waals surface area contributed by atoms with Crippen LogP contribution in [0.2, 0.25) is 0 Å². The summed E-state index contributed by atoms with van der Waals surface area (Å²) in [5.74, 6) is -0.718. The molecule has 0 aromatic carbocycles. The monoisotopic (exact) mass is 820 g/mol. The second-order valence-corrected chi connectivity index (χ2v) is 16.1. The Kier molecular flexibility index (Phi) is 31.0. The van der Waals surface area contributed by atoms with Crippen molar-refractivity contribution in [1.82, 2.24) is 5.32 Å². The molecule has 56 heavy (non-hydrogen) atoms. The lowest BCUT2D eigenvalue weighted by atomic mass is 9.99. The van der Waals surface area contributed by atoms with Gasteiger partial charge in [0.25, 0.3) is 0 Å². The number of hydrogen-bond donors (Lipinski definition) is 7. The lowest BCUT2D eigenvalue weighted by Gasteiger charge is -2.41. The number of unbranched alkanes of at least 4 members (excludes halogenated alkanes) is 18. The fourth-order valence-corrected chi connectivity index (χ4v) is 7.04. The van der Waals surface area contributed by atoms with E-state index >= 15 is 0 Å². The van der Waals surface area contributed by atoms with Crippen LogP contribution >= 0.6 is 0 Å². The number of hydrogen-bond acceptors (Lipinski definition) is 11. The average Bonchev–Trinajstić information content (AvgIpc) is 3.16. The summed E-state index contributed by atoms with van der Waals surface area (Å²) in [6.07, 6.45) is 25.3. The van der Waals surface area contributed by atoms with E-state index in [2.05, 4.69) is 47.7 Å². The molecule has 8 unspecified atom stereocenters. The van der Waals surface area contributed by atoms with Gasteiger partial charge < -0.3 is 40.3 Å². The topological polar surface area (TPSA) is 212 Å². The van der Waals surface area contributed by atoms with E-state index in [1.165, 1.54) is 89.5 Å². The molecular weight excluding hydrogens is 743 g/mol. The predicted octanol–water partition coefficient (Wildman–Crippen LogP) is 6.52. The van der Waals surface area contributed by atoms with Crippen molar-refractivity contribution in [2.45, 2.75) is 210 Å². The van der Waals surface area contributed by atoms with Crippen molar-refractivity contribution in [3.8, 4) is 0 Å². The average molecular weight is 820 g/mol. The van der Waals surface area contributed by atoms with E-state index in [1.54, 1.807) is 6.08 Å². The number of allylic oxidation sites excluding steroid dienone is 5. The lowest BCUT2D eigenvalue weighted by molar-refractivity contribution is -0.298. The standard InChI is InChI=1S/C42H77NO12S/c1-3-5-7-9-11-13-15-17-18-19-21-23-25-27-29-31-36(46)41(49)43-34(35(45)30-28-26-24-22-20-16-14-12-10-8-6-4-2)33-53-42-39(48)40(55-56(50,51)52)38(47)37(32-44)54-42/h10,12,20,22,28,30,34-40,42,44-48H,3-9,11,13-19,21,23-27,29,31-33H2,1-2H3,(H,43,49)(H,50,51,52)/b12-10+,22-20+,30-28+. The van der Waals surface area contributed by atoms with Crippen molar-refractivity contribution in [1.29, 1.82) is 0 Å². The Hall–Kier alpha value is -1.72. The Balaban J connectivity index is 2.65. The fraction of sp³-hybridized carbons (Fsp3) is 0.833. The number of amides is 1. The summed E-state index contributed by atoms with van der Waals surface area (Å²) in [5.41, 5.74) is 0. The zero-order valence-electron chi connectivity index (χ0n) is 34.3. The summed E-state index contributed by atoms with van der Waals surface area (Å²) in [5, 5.41) is 55.0. The summed E-state index contributed by atoms with van der Waals surface area (Å²) in [6, 6.07) is -1.14. The predicted molar refractivity (Wildman–Crippen MR) is 219 cm³/mol. The minimum Gasteiger partial charge on any atom is -0.394 e. The van der Waals surface area contributed by atoms with Crippen LogP contribution in [-0.4, -0.2) is 107 Å². The third kappa shape index (κ3) is 25.6. The Morgan fingerprint density at radius 1 is 0.714 bits per heavy atom. The molecule has 0 spiro atoms. The number of carbonyl (C=O) groups is 1. The third-order valence-corrected chi connectivity index (χ3v) is 10.5. The van der Waals surface area contributed by atoms with Gasteiger partial charge in [0.1, 0.15) is 30.5 Å². The molecule has 1 fully saturated rings. The maximum Gasteiger partial charge on any atom is 0.397 e. The molecule has 14 heteroatoms. The first-order chi connectivity index (χ1) is 26.9. The summed E-state index contributed by atoms with van der Waals surface area (Å²) in [7, 11) is -5.12. The minimum absolute atomic E-state index is 0.236. The van der Waals surface area contributed by atoms with Gasteiger partial charge in [-0.25, -0.2) is 4.18 Å². The number of nitrogens with one attached hydrogen (secondary N) is 1. The molecule has 0 saturated carbocycles. The third-order valence-electron chi connectivity index (χ3n) is 10.0. The molecule has 1 aliphatic rings. The van der Waals surface area contributed by atoms with Gasteiger partial charge in [-0.2, -0.15) is 8.42 Å². The normalized spacial score (nSPS) is 22.3. The van der Waals surface area contributed by atoms with Crippen LogP contribution in [0.4, 0.5) is 0 Å². The van der Waals surface area contributed by atoms with Crippen molar-refractivity contribution >= 4 is 16.3 Å². The summed E-state index contributed by atoms with van der Waals surface area (Å²) >= 11 is 0. The second-order valence-electron chi connectivity index (χ2n) is 15.1. The van der Waals surface area contributed by atoms with Gasteiger partial charge in [-0.05, 0) is 38.5 Å². The minimum atomic E-state index is -5.12. The maximum absolute atomic E-state index is 13.1. The molecule has 1 saturated heterocycles. The van der Waals surface area contributed by atoms with Crippen LogP contribution in [0, 0.1) is 0 Å². The van der Waals surface area contributed by atoms with E-state index in [-0.39, 0.29) is 6.42 Å². The summed E-state index contributed by atoms with van der Waals surface area (Å²) < 4.78 is 47.3. The highest BCUT2D eigenvalue weighted by Crippen LogP contribution is 2.26. The van der Waals surface area contributed by atoms with Crippen molar-refractivity contribution in [2.75, 3.05) is 13.2 Å². The summed E-state index contributed by atoms with van der Waals surface area (Å²) in [6.45, 7) is 3.12. The largest absolute Gasteiger partial charge is 0.397 e. The van der Waals surface area contributed by atoms with Gasteiger partial charge in [0.15, 0.2) is 6.29 Å². The van der Waals surface area contributed by atoms with E-state index in [0.29, 0.717) is 12.8 Å². The molecule has 0 aromatic rings. The van der Waals surface area contributed by atoms with Gasteiger partial charge in [-0.1, -0.05) is 159 Å². The van der Waals surface area contributed by atoms with Crippen LogP contribution in [0.3, 0.4) is 0 Å². The molecule has 8 atom stereocenters. The molecule has 1 heterocycles. The van der Waals surface area contributed by atoms with Crippen molar-refractivity contribution in [2.24, 2.45) is 0 Å². The maximum atomic E-state index is 13.1. The van der Waals surface area contributed by atoms with Crippen LogP contribution in [0.25, 0.3) is 0 Å². The molecule has 1 amide bonds. The zero-order chi connectivity index (χ0) is 41.4. The SMILES string of the molecule is CCCC/C=C/CC/C=C/CC/C=C/C(O)C(COC1OC(CO)C(O)C(OS(=O)(=O)O)C1O)NC(=O)C(O)CCCCCCCCCCCCCCCCC. The van der Waals surface area contributed by atoms with E-state index in [9.17, 15) is 38.7 Å². The Morgan fingerprint density at radius 2 is 1.20 bits per heavy atom. The molecule has 0 bridgehead atoms. The second kappa shape index (κ2) is 33.1. The molecule has 7 N–H and O–H groups in total. The highest BCUT2D eigenvalue weighted by Gasteiger charge is 2.48. The quantitative estimate of drug-likeness (QED) is 0.0207. The van der Waals surface area contributed by atoms with Gasteiger partial charge in [-0.3, -0.25) is 9.35 Å². The van der Waals surface area contributed by atoms with Gasteiger partial charge in [0, 0.05) is 0 Å².